The van der Waals surface area contributed by atoms with Crippen LogP contribution in [0, 0.1) is 3.57 Å². The second-order valence-electron chi connectivity index (χ2n) is 3.21. The highest BCUT2D eigenvalue weighted by Gasteiger charge is 2.06. The molecule has 2 rings (SSSR count). The van der Waals surface area contributed by atoms with Crippen LogP contribution < -0.4 is 0 Å². The summed E-state index contributed by atoms with van der Waals surface area (Å²) in [7, 11) is 0. The summed E-state index contributed by atoms with van der Waals surface area (Å²) in [5.41, 5.74) is 0.989. The topological polar surface area (TPSA) is 55.1 Å². The van der Waals surface area contributed by atoms with E-state index in [4.69, 9.17) is 5.11 Å². The highest BCUT2D eigenvalue weighted by Crippen LogP contribution is 2.21. The Balaban J connectivity index is 2.39. The Kier molecular flexibility index (Phi) is 2.90. The van der Waals surface area contributed by atoms with Gasteiger partial charge in [-0.2, -0.15) is 0 Å². The van der Waals surface area contributed by atoms with E-state index < -0.39 is 5.97 Å². The molecule has 0 aromatic carbocycles. The van der Waals surface area contributed by atoms with Crippen LogP contribution in [-0.2, 0) is 11.3 Å². The molecule has 78 valence electrons. The number of aryl methyl sites for hydroxylation is 1. The zero-order chi connectivity index (χ0) is 10.8. The molecule has 5 heteroatoms. The van der Waals surface area contributed by atoms with Crippen LogP contribution in [0.2, 0.25) is 0 Å². The van der Waals surface area contributed by atoms with Gasteiger partial charge in [-0.15, -0.1) is 0 Å². The number of rotatable bonds is 3. The molecule has 0 atom stereocenters. The molecule has 0 radical (unpaired) electrons. The fraction of sp³-hybridized carbons (Fsp3) is 0.200. The minimum absolute atomic E-state index is 0.134. The molecule has 0 aliphatic rings. The minimum atomic E-state index is -0.782. The summed E-state index contributed by atoms with van der Waals surface area (Å²) in [6, 6.07) is 1.94. The van der Waals surface area contributed by atoms with Gasteiger partial charge in [0.1, 0.15) is 0 Å². The van der Waals surface area contributed by atoms with Crippen molar-refractivity contribution in [2.75, 3.05) is 0 Å². The van der Waals surface area contributed by atoms with Gasteiger partial charge in [0.05, 0.1) is 18.1 Å². The first kappa shape index (κ1) is 10.4. The Hall–Kier alpha value is -1.11. The van der Waals surface area contributed by atoms with Crippen LogP contribution in [0.3, 0.4) is 0 Å². The van der Waals surface area contributed by atoms with Crippen molar-refractivity contribution in [1.82, 2.24) is 9.55 Å². The molecule has 15 heavy (non-hydrogen) atoms. The molecule has 0 spiro atoms. The van der Waals surface area contributed by atoms with Crippen LogP contribution in [-0.4, -0.2) is 20.6 Å². The maximum atomic E-state index is 10.5. The lowest BCUT2D eigenvalue weighted by Gasteiger charge is -2.01. The van der Waals surface area contributed by atoms with E-state index >= 15 is 0 Å². The predicted octanol–water partition coefficient (Wildman–Crippen LogP) is 2.12. The molecule has 0 unspecified atom stereocenters. The smallest absolute Gasteiger partial charge is 0.305 e. The third kappa shape index (κ3) is 2.11. The molecule has 2 aromatic heterocycles. The number of hydrogen-bond donors (Lipinski definition) is 1. The summed E-state index contributed by atoms with van der Waals surface area (Å²) >= 11 is 2.24. The van der Waals surface area contributed by atoms with Gasteiger partial charge >= 0.3 is 5.97 Å². The Morgan fingerprint density at radius 2 is 2.40 bits per heavy atom. The summed E-state index contributed by atoms with van der Waals surface area (Å²) in [6.45, 7) is 0.487. The summed E-state index contributed by atoms with van der Waals surface area (Å²) < 4.78 is 3.05. The SMILES string of the molecule is O=C(O)CCn1cc(I)c2ccncc21. The van der Waals surface area contributed by atoms with E-state index in [1.807, 2.05) is 16.8 Å². The number of pyridine rings is 1. The standard InChI is InChI=1S/C10H9IN2O2/c11-8-6-13(4-2-10(14)15)9-5-12-3-1-7(8)9/h1,3,5-6H,2,4H2,(H,14,15). The zero-order valence-electron chi connectivity index (χ0n) is 7.85. The van der Waals surface area contributed by atoms with Crippen LogP contribution in [0.25, 0.3) is 10.9 Å². The average Bonchev–Trinajstić information content (AvgIpc) is 2.54. The van der Waals surface area contributed by atoms with Crippen LogP contribution >= 0.6 is 22.6 Å². The van der Waals surface area contributed by atoms with E-state index in [0.717, 1.165) is 14.5 Å². The molecule has 0 amide bonds. The zero-order valence-corrected chi connectivity index (χ0v) is 10.0. The van der Waals surface area contributed by atoms with Gasteiger partial charge < -0.3 is 9.67 Å². The Morgan fingerprint density at radius 1 is 1.60 bits per heavy atom. The quantitative estimate of drug-likeness (QED) is 0.883. The molecule has 1 N–H and O–H groups in total. The molecule has 2 aromatic rings. The normalized spacial score (nSPS) is 10.7. The van der Waals surface area contributed by atoms with Crippen molar-refractivity contribution in [3.05, 3.63) is 28.2 Å². The number of carboxylic acids is 1. The van der Waals surface area contributed by atoms with Crippen LogP contribution in [0.15, 0.2) is 24.7 Å². The van der Waals surface area contributed by atoms with E-state index in [0.29, 0.717) is 6.54 Å². The number of hydrogen-bond acceptors (Lipinski definition) is 2. The van der Waals surface area contributed by atoms with Crippen LogP contribution in [0.4, 0.5) is 0 Å². The highest BCUT2D eigenvalue weighted by molar-refractivity contribution is 14.1. The van der Waals surface area contributed by atoms with E-state index in [1.165, 1.54) is 0 Å². The van der Waals surface area contributed by atoms with Gasteiger partial charge in [0.25, 0.3) is 0 Å². The number of carbonyl (C=O) groups is 1. The van der Waals surface area contributed by atoms with Gasteiger partial charge in [0.2, 0.25) is 0 Å². The van der Waals surface area contributed by atoms with Crippen molar-refractivity contribution < 1.29 is 9.90 Å². The lowest BCUT2D eigenvalue weighted by atomic mass is 10.3. The van der Waals surface area contributed by atoms with E-state index in [2.05, 4.69) is 27.6 Å². The van der Waals surface area contributed by atoms with E-state index in [-0.39, 0.29) is 6.42 Å². The average molecular weight is 316 g/mol. The van der Waals surface area contributed by atoms with Gasteiger partial charge in [-0.1, -0.05) is 0 Å². The van der Waals surface area contributed by atoms with Gasteiger partial charge in [-0.05, 0) is 28.7 Å². The number of nitrogens with zero attached hydrogens (tertiary/aromatic N) is 2. The second kappa shape index (κ2) is 4.18. The largest absolute Gasteiger partial charge is 0.481 e. The third-order valence-corrected chi connectivity index (χ3v) is 3.06. The maximum Gasteiger partial charge on any atom is 0.305 e. The van der Waals surface area contributed by atoms with Crippen molar-refractivity contribution in [2.45, 2.75) is 13.0 Å². The Morgan fingerprint density at radius 3 is 3.13 bits per heavy atom. The van der Waals surface area contributed by atoms with Crippen LogP contribution in [0.5, 0.6) is 0 Å². The number of aliphatic carboxylic acids is 1. The fourth-order valence-electron chi connectivity index (χ4n) is 1.49. The molecule has 0 bridgehead atoms. The van der Waals surface area contributed by atoms with Gasteiger partial charge in [0, 0.05) is 27.9 Å². The van der Waals surface area contributed by atoms with Gasteiger partial charge in [-0.25, -0.2) is 0 Å². The van der Waals surface area contributed by atoms with Crippen molar-refractivity contribution in [1.29, 1.82) is 0 Å². The van der Waals surface area contributed by atoms with Crippen LogP contribution in [0.1, 0.15) is 6.42 Å². The summed E-state index contributed by atoms with van der Waals surface area (Å²) in [5.74, 6) is -0.782. The molecule has 4 nitrogen and oxygen atoms in total. The molecular weight excluding hydrogens is 307 g/mol. The molecule has 0 aliphatic heterocycles. The van der Waals surface area contributed by atoms with Crippen molar-refractivity contribution >= 4 is 39.5 Å². The van der Waals surface area contributed by atoms with Crippen molar-refractivity contribution in [2.24, 2.45) is 0 Å². The van der Waals surface area contributed by atoms with Crippen molar-refractivity contribution in [3.63, 3.8) is 0 Å². The Bertz CT molecular complexity index is 507. The van der Waals surface area contributed by atoms with Gasteiger partial charge in [0.15, 0.2) is 0 Å². The number of fused-ring (bicyclic) bond motifs is 1. The molecular formula is C10H9IN2O2. The van der Waals surface area contributed by atoms with Gasteiger partial charge in [-0.3, -0.25) is 9.78 Å². The first-order valence-corrected chi connectivity index (χ1v) is 5.56. The lowest BCUT2D eigenvalue weighted by Crippen LogP contribution is -2.03. The molecule has 2 heterocycles. The summed E-state index contributed by atoms with van der Waals surface area (Å²) in [6.07, 6.45) is 5.59. The first-order valence-electron chi connectivity index (χ1n) is 4.48. The van der Waals surface area contributed by atoms with E-state index in [9.17, 15) is 4.79 Å². The number of carboxylic acid groups (broad SMARTS) is 1. The third-order valence-electron chi connectivity index (χ3n) is 2.20. The Labute approximate surface area is 100 Å². The molecule has 0 fully saturated rings. The molecule has 0 saturated heterocycles. The molecule has 0 aliphatic carbocycles. The highest BCUT2D eigenvalue weighted by atomic mass is 127. The van der Waals surface area contributed by atoms with Crippen molar-refractivity contribution in [3.8, 4) is 0 Å². The number of halogens is 1. The first-order chi connectivity index (χ1) is 7.18. The predicted molar refractivity (Wildman–Crippen MR) is 64.7 cm³/mol. The van der Waals surface area contributed by atoms with E-state index in [1.54, 1.807) is 12.4 Å². The monoisotopic (exact) mass is 316 g/mol. The lowest BCUT2D eigenvalue weighted by molar-refractivity contribution is -0.137. The minimum Gasteiger partial charge on any atom is -0.481 e. The maximum absolute atomic E-state index is 10.5. The molecule has 0 saturated carbocycles. The summed E-state index contributed by atoms with van der Waals surface area (Å²) in [5, 5.41) is 9.74. The summed E-state index contributed by atoms with van der Waals surface area (Å²) in [4.78, 5) is 14.5. The fourth-order valence-corrected chi connectivity index (χ4v) is 2.29. The second-order valence-corrected chi connectivity index (χ2v) is 4.37. The number of aromatic nitrogens is 2.